The highest BCUT2D eigenvalue weighted by atomic mass is 16.1. The molecule has 0 aromatic heterocycles. The van der Waals surface area contributed by atoms with Gasteiger partial charge in [0.25, 0.3) is 0 Å². The Morgan fingerprint density at radius 1 is 1.21 bits per heavy atom. The Labute approximate surface area is 146 Å². The van der Waals surface area contributed by atoms with Crippen LogP contribution >= 0.6 is 0 Å². The molecule has 2 bridgehead atoms. The Balaban J connectivity index is 1.27. The van der Waals surface area contributed by atoms with Crippen LogP contribution in [0, 0.1) is 5.92 Å². The molecule has 3 rings (SSSR count). The van der Waals surface area contributed by atoms with Crippen LogP contribution in [0.15, 0.2) is 30.3 Å². The lowest BCUT2D eigenvalue weighted by Gasteiger charge is -2.28. The average Bonchev–Trinajstić information content (AvgIpc) is 2.91. The molecular formula is C20H31N3O. The highest BCUT2D eigenvalue weighted by Crippen LogP contribution is 2.32. The molecule has 2 atom stereocenters. The fraction of sp³-hybridized carbons (Fsp3) is 0.650. The number of nitrogens with one attached hydrogen (secondary N) is 2. The van der Waals surface area contributed by atoms with E-state index in [4.69, 9.17) is 0 Å². The van der Waals surface area contributed by atoms with Crippen LogP contribution in [0.4, 0.5) is 0 Å². The van der Waals surface area contributed by atoms with Gasteiger partial charge in [0, 0.05) is 31.6 Å². The van der Waals surface area contributed by atoms with Crippen LogP contribution in [-0.4, -0.2) is 43.0 Å². The van der Waals surface area contributed by atoms with Crippen molar-refractivity contribution in [3.05, 3.63) is 35.9 Å². The maximum atomic E-state index is 12.1. The van der Waals surface area contributed by atoms with Crippen molar-refractivity contribution in [2.45, 2.75) is 57.2 Å². The van der Waals surface area contributed by atoms with Crippen LogP contribution in [0.5, 0.6) is 0 Å². The molecule has 1 aromatic carbocycles. The SMILES string of the molecule is CN(CCCNC(=O)CC1CC2CCC(C1)N2)Cc1ccccc1. The monoisotopic (exact) mass is 329 g/mol. The molecule has 1 aromatic rings. The molecule has 1 amide bonds. The van der Waals surface area contributed by atoms with E-state index in [9.17, 15) is 4.79 Å². The molecule has 2 N–H and O–H groups in total. The second-order valence-corrected chi connectivity index (χ2v) is 7.61. The largest absolute Gasteiger partial charge is 0.356 e. The van der Waals surface area contributed by atoms with Crippen LogP contribution in [0.3, 0.4) is 0 Å². The van der Waals surface area contributed by atoms with Crippen molar-refractivity contribution in [1.82, 2.24) is 15.5 Å². The van der Waals surface area contributed by atoms with Crippen molar-refractivity contribution in [2.75, 3.05) is 20.1 Å². The van der Waals surface area contributed by atoms with E-state index in [0.717, 1.165) is 26.1 Å². The number of hydrogen-bond acceptors (Lipinski definition) is 3. The smallest absolute Gasteiger partial charge is 0.220 e. The molecule has 0 radical (unpaired) electrons. The molecular weight excluding hydrogens is 298 g/mol. The Morgan fingerprint density at radius 3 is 2.62 bits per heavy atom. The summed E-state index contributed by atoms with van der Waals surface area (Å²) in [6.07, 6.45) is 6.70. The lowest BCUT2D eigenvalue weighted by molar-refractivity contribution is -0.122. The molecule has 132 valence electrons. The first kappa shape index (κ1) is 17.4. The summed E-state index contributed by atoms with van der Waals surface area (Å²) in [5.74, 6) is 0.830. The Hall–Kier alpha value is -1.39. The molecule has 2 saturated heterocycles. The zero-order valence-electron chi connectivity index (χ0n) is 14.8. The molecule has 2 aliphatic heterocycles. The first-order valence-electron chi connectivity index (χ1n) is 9.44. The molecule has 2 fully saturated rings. The topological polar surface area (TPSA) is 44.4 Å². The first-order valence-corrected chi connectivity index (χ1v) is 9.44. The van der Waals surface area contributed by atoms with Gasteiger partial charge in [-0.2, -0.15) is 0 Å². The van der Waals surface area contributed by atoms with Gasteiger partial charge in [-0.3, -0.25) is 4.79 Å². The van der Waals surface area contributed by atoms with Gasteiger partial charge in [0.15, 0.2) is 0 Å². The van der Waals surface area contributed by atoms with Crippen molar-refractivity contribution in [1.29, 1.82) is 0 Å². The fourth-order valence-corrected chi connectivity index (χ4v) is 4.23. The van der Waals surface area contributed by atoms with Gasteiger partial charge in [0.05, 0.1) is 0 Å². The highest BCUT2D eigenvalue weighted by molar-refractivity contribution is 5.76. The van der Waals surface area contributed by atoms with Gasteiger partial charge in [-0.25, -0.2) is 0 Å². The van der Waals surface area contributed by atoms with E-state index in [1.165, 1.54) is 31.2 Å². The minimum absolute atomic E-state index is 0.243. The second-order valence-electron chi connectivity index (χ2n) is 7.61. The quantitative estimate of drug-likeness (QED) is 0.721. The Kier molecular flexibility index (Phi) is 6.27. The van der Waals surface area contributed by atoms with Gasteiger partial charge in [-0.15, -0.1) is 0 Å². The van der Waals surface area contributed by atoms with Gasteiger partial charge in [0.2, 0.25) is 5.91 Å². The van der Waals surface area contributed by atoms with Crippen LogP contribution in [0.1, 0.15) is 44.1 Å². The molecule has 0 aliphatic carbocycles. The van der Waals surface area contributed by atoms with Crippen molar-refractivity contribution in [3.8, 4) is 0 Å². The van der Waals surface area contributed by atoms with E-state index in [-0.39, 0.29) is 5.91 Å². The number of hydrogen-bond donors (Lipinski definition) is 2. The predicted octanol–water partition coefficient (Wildman–Crippen LogP) is 2.55. The summed E-state index contributed by atoms with van der Waals surface area (Å²) in [6, 6.07) is 11.9. The van der Waals surface area contributed by atoms with E-state index in [0.29, 0.717) is 24.4 Å². The number of carbonyl (C=O) groups excluding carboxylic acids is 1. The number of carbonyl (C=O) groups is 1. The number of fused-ring (bicyclic) bond motifs is 2. The maximum Gasteiger partial charge on any atom is 0.220 e. The van der Waals surface area contributed by atoms with Gasteiger partial charge in [-0.1, -0.05) is 30.3 Å². The van der Waals surface area contributed by atoms with E-state index in [1.807, 2.05) is 6.07 Å². The summed E-state index contributed by atoms with van der Waals surface area (Å²) >= 11 is 0. The number of rotatable bonds is 8. The summed E-state index contributed by atoms with van der Waals surface area (Å²) in [4.78, 5) is 14.4. The minimum atomic E-state index is 0.243. The minimum Gasteiger partial charge on any atom is -0.356 e. The van der Waals surface area contributed by atoms with Crippen LogP contribution < -0.4 is 10.6 Å². The van der Waals surface area contributed by atoms with E-state index in [2.05, 4.69) is 46.8 Å². The zero-order valence-corrected chi connectivity index (χ0v) is 14.8. The highest BCUT2D eigenvalue weighted by Gasteiger charge is 2.33. The molecule has 2 heterocycles. The van der Waals surface area contributed by atoms with Gasteiger partial charge in [-0.05, 0) is 57.2 Å². The fourth-order valence-electron chi connectivity index (χ4n) is 4.23. The third-order valence-electron chi connectivity index (χ3n) is 5.38. The molecule has 24 heavy (non-hydrogen) atoms. The van der Waals surface area contributed by atoms with Crippen LogP contribution in [0.2, 0.25) is 0 Å². The standard InChI is InChI=1S/C20H31N3O/c1-23(15-16-6-3-2-4-7-16)11-5-10-21-20(24)14-17-12-18-8-9-19(13-17)22-18/h2-4,6-7,17-19,22H,5,8-15H2,1H3,(H,21,24). The third-order valence-corrected chi connectivity index (χ3v) is 5.38. The predicted molar refractivity (Wildman–Crippen MR) is 97.7 cm³/mol. The molecule has 2 unspecified atom stereocenters. The first-order chi connectivity index (χ1) is 11.7. The second kappa shape index (κ2) is 8.63. The third kappa shape index (κ3) is 5.32. The molecule has 4 nitrogen and oxygen atoms in total. The lowest BCUT2D eigenvalue weighted by atomic mass is 9.89. The number of nitrogens with zero attached hydrogens (tertiary/aromatic N) is 1. The van der Waals surface area contributed by atoms with Gasteiger partial charge >= 0.3 is 0 Å². The van der Waals surface area contributed by atoms with Crippen molar-refractivity contribution in [3.63, 3.8) is 0 Å². The molecule has 2 aliphatic rings. The zero-order chi connectivity index (χ0) is 16.8. The molecule has 0 saturated carbocycles. The molecule has 0 spiro atoms. The van der Waals surface area contributed by atoms with Crippen molar-refractivity contribution >= 4 is 5.91 Å². The molecule has 4 heteroatoms. The summed E-state index contributed by atoms with van der Waals surface area (Å²) in [5, 5.41) is 6.75. The van der Waals surface area contributed by atoms with E-state index < -0.39 is 0 Å². The summed E-state index contributed by atoms with van der Waals surface area (Å²) in [6.45, 7) is 2.76. The maximum absolute atomic E-state index is 12.1. The number of benzene rings is 1. The summed E-state index contributed by atoms with van der Waals surface area (Å²) in [5.41, 5.74) is 1.34. The summed E-state index contributed by atoms with van der Waals surface area (Å²) < 4.78 is 0. The Morgan fingerprint density at radius 2 is 1.92 bits per heavy atom. The number of piperidine rings is 1. The van der Waals surface area contributed by atoms with E-state index in [1.54, 1.807) is 0 Å². The van der Waals surface area contributed by atoms with Crippen LogP contribution in [-0.2, 0) is 11.3 Å². The Bertz CT molecular complexity index is 507. The van der Waals surface area contributed by atoms with Gasteiger partial charge in [0.1, 0.15) is 0 Å². The van der Waals surface area contributed by atoms with Crippen molar-refractivity contribution in [2.24, 2.45) is 5.92 Å². The van der Waals surface area contributed by atoms with Crippen molar-refractivity contribution < 1.29 is 4.79 Å². The average molecular weight is 329 g/mol. The normalized spacial score (nSPS) is 25.8. The lowest BCUT2D eigenvalue weighted by Crippen LogP contribution is -2.39. The van der Waals surface area contributed by atoms with E-state index >= 15 is 0 Å². The van der Waals surface area contributed by atoms with Crippen LogP contribution in [0.25, 0.3) is 0 Å². The summed E-state index contributed by atoms with van der Waals surface area (Å²) in [7, 11) is 2.14. The van der Waals surface area contributed by atoms with Gasteiger partial charge < -0.3 is 15.5 Å². The number of amides is 1.